The number of hydrogen-bond donors (Lipinski definition) is 1. The standard InChI is InChI=1S/C23H20BrN3O/c1-16(17-8-3-2-4-9-17)25-22(28)15-27-21-13-6-5-12-20(21)26-23(27)18-10-7-11-19(24)14-18/h2-14,16H,15H2,1H3,(H,25,28). The minimum atomic E-state index is -0.0576. The molecule has 140 valence electrons. The number of para-hydroxylation sites is 2. The summed E-state index contributed by atoms with van der Waals surface area (Å²) in [6.45, 7) is 2.20. The number of amides is 1. The summed E-state index contributed by atoms with van der Waals surface area (Å²) in [4.78, 5) is 17.6. The molecule has 28 heavy (non-hydrogen) atoms. The number of fused-ring (bicyclic) bond motifs is 1. The number of carbonyl (C=O) groups is 1. The molecule has 5 heteroatoms. The van der Waals surface area contributed by atoms with Gasteiger partial charge >= 0.3 is 0 Å². The van der Waals surface area contributed by atoms with Gasteiger partial charge in [0.05, 0.1) is 17.1 Å². The van der Waals surface area contributed by atoms with Crippen LogP contribution in [0.2, 0.25) is 0 Å². The molecular weight excluding hydrogens is 414 g/mol. The Balaban J connectivity index is 1.66. The third kappa shape index (κ3) is 3.85. The van der Waals surface area contributed by atoms with Crippen molar-refractivity contribution in [2.75, 3.05) is 0 Å². The van der Waals surface area contributed by atoms with E-state index in [2.05, 4.69) is 21.2 Å². The largest absolute Gasteiger partial charge is 0.348 e. The molecule has 4 aromatic rings. The summed E-state index contributed by atoms with van der Waals surface area (Å²) < 4.78 is 2.95. The van der Waals surface area contributed by atoms with Gasteiger partial charge in [0.2, 0.25) is 5.91 Å². The van der Waals surface area contributed by atoms with Crippen LogP contribution in [0.15, 0.2) is 83.3 Å². The molecule has 0 saturated heterocycles. The van der Waals surface area contributed by atoms with Crippen LogP contribution in [0.5, 0.6) is 0 Å². The van der Waals surface area contributed by atoms with E-state index in [-0.39, 0.29) is 18.5 Å². The van der Waals surface area contributed by atoms with Gasteiger partial charge in [0.1, 0.15) is 12.4 Å². The van der Waals surface area contributed by atoms with E-state index >= 15 is 0 Å². The first-order valence-corrected chi connectivity index (χ1v) is 9.96. The number of nitrogens with zero attached hydrogens (tertiary/aromatic N) is 2. The smallest absolute Gasteiger partial charge is 0.240 e. The average Bonchev–Trinajstić information content (AvgIpc) is 3.07. The van der Waals surface area contributed by atoms with Crippen LogP contribution in [-0.4, -0.2) is 15.5 Å². The molecule has 1 heterocycles. The number of benzene rings is 3. The topological polar surface area (TPSA) is 46.9 Å². The maximum atomic E-state index is 12.8. The maximum Gasteiger partial charge on any atom is 0.240 e. The summed E-state index contributed by atoms with van der Waals surface area (Å²) in [6.07, 6.45) is 0. The number of imidazole rings is 1. The van der Waals surface area contributed by atoms with Gasteiger partial charge in [-0.15, -0.1) is 0 Å². The second kappa shape index (κ2) is 7.98. The molecule has 0 saturated carbocycles. The van der Waals surface area contributed by atoms with Crippen LogP contribution in [0.1, 0.15) is 18.5 Å². The average molecular weight is 434 g/mol. The summed E-state index contributed by atoms with van der Waals surface area (Å²) in [7, 11) is 0. The quantitative estimate of drug-likeness (QED) is 0.461. The number of carbonyl (C=O) groups excluding carboxylic acids is 1. The van der Waals surface area contributed by atoms with Crippen molar-refractivity contribution in [2.45, 2.75) is 19.5 Å². The second-order valence-corrected chi connectivity index (χ2v) is 7.64. The zero-order valence-electron chi connectivity index (χ0n) is 15.5. The summed E-state index contributed by atoms with van der Waals surface area (Å²) in [5, 5.41) is 3.09. The Morgan fingerprint density at radius 2 is 1.79 bits per heavy atom. The summed E-state index contributed by atoms with van der Waals surface area (Å²) >= 11 is 3.52. The van der Waals surface area contributed by atoms with E-state index in [1.807, 2.05) is 90.4 Å². The second-order valence-electron chi connectivity index (χ2n) is 6.72. The SMILES string of the molecule is CC(NC(=O)Cn1c(-c2cccc(Br)c2)nc2ccccc21)c1ccccc1. The Kier molecular flexibility index (Phi) is 5.26. The van der Waals surface area contributed by atoms with Crippen LogP contribution in [-0.2, 0) is 11.3 Å². The van der Waals surface area contributed by atoms with Crippen LogP contribution < -0.4 is 5.32 Å². The van der Waals surface area contributed by atoms with Gasteiger partial charge < -0.3 is 9.88 Å². The fourth-order valence-electron chi connectivity index (χ4n) is 3.34. The van der Waals surface area contributed by atoms with Crippen LogP contribution in [0.3, 0.4) is 0 Å². The Morgan fingerprint density at radius 3 is 2.57 bits per heavy atom. The minimum Gasteiger partial charge on any atom is -0.348 e. The van der Waals surface area contributed by atoms with Crippen molar-refractivity contribution in [2.24, 2.45) is 0 Å². The lowest BCUT2D eigenvalue weighted by Crippen LogP contribution is -2.30. The molecule has 1 unspecified atom stereocenters. The molecule has 0 fully saturated rings. The highest BCUT2D eigenvalue weighted by Crippen LogP contribution is 2.27. The predicted molar refractivity (Wildman–Crippen MR) is 116 cm³/mol. The van der Waals surface area contributed by atoms with E-state index in [1.54, 1.807) is 0 Å². The van der Waals surface area contributed by atoms with E-state index in [0.29, 0.717) is 0 Å². The van der Waals surface area contributed by atoms with Gasteiger partial charge in [-0.2, -0.15) is 0 Å². The minimum absolute atomic E-state index is 0.0456. The molecule has 0 aliphatic carbocycles. The highest BCUT2D eigenvalue weighted by Gasteiger charge is 2.16. The van der Waals surface area contributed by atoms with E-state index in [4.69, 9.17) is 4.98 Å². The Bertz CT molecular complexity index is 1120. The molecule has 1 atom stereocenters. The molecule has 4 nitrogen and oxygen atoms in total. The molecule has 4 rings (SSSR count). The highest BCUT2D eigenvalue weighted by atomic mass is 79.9. The fraction of sp³-hybridized carbons (Fsp3) is 0.130. The van der Waals surface area contributed by atoms with Gasteiger partial charge in [-0.05, 0) is 36.8 Å². The lowest BCUT2D eigenvalue weighted by Gasteiger charge is -2.16. The number of hydrogen-bond acceptors (Lipinski definition) is 2. The molecule has 0 bridgehead atoms. The Hall–Kier alpha value is -2.92. The van der Waals surface area contributed by atoms with Crippen molar-refractivity contribution in [3.05, 3.63) is 88.9 Å². The van der Waals surface area contributed by atoms with Crippen molar-refractivity contribution in [3.8, 4) is 11.4 Å². The Morgan fingerprint density at radius 1 is 1.04 bits per heavy atom. The predicted octanol–water partition coefficient (Wildman–Crippen LogP) is 5.34. The summed E-state index contributed by atoms with van der Waals surface area (Å²) in [5.74, 6) is 0.737. The van der Waals surface area contributed by atoms with Gasteiger partial charge in [0, 0.05) is 10.0 Å². The van der Waals surface area contributed by atoms with Crippen molar-refractivity contribution >= 4 is 32.9 Å². The maximum absolute atomic E-state index is 12.8. The number of halogens is 1. The van der Waals surface area contributed by atoms with Crippen LogP contribution in [0, 0.1) is 0 Å². The first-order chi connectivity index (χ1) is 13.6. The molecule has 0 spiro atoms. The van der Waals surface area contributed by atoms with E-state index in [9.17, 15) is 4.79 Å². The van der Waals surface area contributed by atoms with Crippen LogP contribution >= 0.6 is 15.9 Å². The Labute approximate surface area is 172 Å². The first kappa shape index (κ1) is 18.4. The van der Waals surface area contributed by atoms with Gasteiger partial charge in [0.25, 0.3) is 0 Å². The molecule has 1 aromatic heterocycles. The summed E-state index contributed by atoms with van der Waals surface area (Å²) in [6, 6.07) is 25.8. The summed E-state index contributed by atoms with van der Waals surface area (Å²) in [5.41, 5.74) is 3.87. The van der Waals surface area contributed by atoms with Gasteiger partial charge in [-0.3, -0.25) is 4.79 Å². The van der Waals surface area contributed by atoms with Crippen molar-refractivity contribution < 1.29 is 4.79 Å². The van der Waals surface area contributed by atoms with Crippen LogP contribution in [0.4, 0.5) is 0 Å². The molecule has 1 amide bonds. The van der Waals surface area contributed by atoms with E-state index in [1.165, 1.54) is 0 Å². The zero-order valence-corrected chi connectivity index (χ0v) is 17.1. The van der Waals surface area contributed by atoms with Crippen LogP contribution in [0.25, 0.3) is 22.4 Å². The normalized spacial score (nSPS) is 12.1. The molecule has 0 aliphatic rings. The van der Waals surface area contributed by atoms with Crippen molar-refractivity contribution in [1.82, 2.24) is 14.9 Å². The van der Waals surface area contributed by atoms with Gasteiger partial charge in [-0.1, -0.05) is 70.5 Å². The molecule has 0 aliphatic heterocycles. The van der Waals surface area contributed by atoms with E-state index in [0.717, 1.165) is 32.5 Å². The molecule has 0 radical (unpaired) electrons. The highest BCUT2D eigenvalue weighted by molar-refractivity contribution is 9.10. The zero-order chi connectivity index (χ0) is 19.5. The van der Waals surface area contributed by atoms with Crippen molar-refractivity contribution in [1.29, 1.82) is 0 Å². The number of aromatic nitrogens is 2. The first-order valence-electron chi connectivity index (χ1n) is 9.17. The monoisotopic (exact) mass is 433 g/mol. The lowest BCUT2D eigenvalue weighted by molar-refractivity contribution is -0.122. The molecular formula is C23H20BrN3O. The third-order valence-electron chi connectivity index (χ3n) is 4.72. The third-order valence-corrected chi connectivity index (χ3v) is 5.21. The van der Waals surface area contributed by atoms with Crippen molar-refractivity contribution in [3.63, 3.8) is 0 Å². The fourth-order valence-corrected chi connectivity index (χ4v) is 3.74. The van der Waals surface area contributed by atoms with Gasteiger partial charge in [-0.25, -0.2) is 4.98 Å². The number of rotatable bonds is 5. The number of nitrogens with one attached hydrogen (secondary N) is 1. The lowest BCUT2D eigenvalue weighted by atomic mass is 10.1. The van der Waals surface area contributed by atoms with E-state index < -0.39 is 0 Å². The molecule has 3 aromatic carbocycles. The van der Waals surface area contributed by atoms with Gasteiger partial charge in [0.15, 0.2) is 0 Å². The molecule has 1 N–H and O–H groups in total.